The molecule has 0 unspecified atom stereocenters. The highest BCUT2D eigenvalue weighted by molar-refractivity contribution is 7.90. The minimum Gasteiger partial charge on any atom is -0.372 e. The van der Waals surface area contributed by atoms with Crippen LogP contribution in [0.5, 0.6) is 0 Å². The second-order valence-electron chi connectivity index (χ2n) is 4.46. The Labute approximate surface area is 97.0 Å². The average Bonchev–Trinajstić information content (AvgIpc) is 2.14. The lowest BCUT2D eigenvalue weighted by molar-refractivity contribution is 0.401. The van der Waals surface area contributed by atoms with E-state index in [4.69, 9.17) is 0 Å². The van der Waals surface area contributed by atoms with Gasteiger partial charge in [0.05, 0.1) is 4.90 Å². The lowest BCUT2D eigenvalue weighted by Gasteiger charge is -2.36. The molecule has 0 bridgehead atoms. The Bertz CT molecular complexity index is 460. The molecule has 16 heavy (non-hydrogen) atoms. The van der Waals surface area contributed by atoms with E-state index < -0.39 is 9.84 Å². The Morgan fingerprint density at radius 3 is 2.12 bits per heavy atom. The van der Waals surface area contributed by atoms with Crippen LogP contribution in [0.25, 0.3) is 0 Å². The van der Waals surface area contributed by atoms with Crippen molar-refractivity contribution in [1.29, 1.82) is 0 Å². The number of hydrogen-bond donors (Lipinski definition) is 0. The first-order valence-corrected chi connectivity index (χ1v) is 7.40. The van der Waals surface area contributed by atoms with E-state index in [0.717, 1.165) is 5.69 Å². The van der Waals surface area contributed by atoms with E-state index in [1.165, 1.54) is 25.5 Å². The standard InChI is InChI=1S/C12H17NO2S/c1-13(10-4-3-5-10)11-6-8-12(9-7-11)16(2,14)15/h6-10H,3-5H2,1-2H3. The monoisotopic (exact) mass is 239 g/mol. The first kappa shape index (κ1) is 11.5. The molecule has 0 saturated heterocycles. The smallest absolute Gasteiger partial charge is 0.175 e. The minimum atomic E-state index is -3.08. The maximum Gasteiger partial charge on any atom is 0.175 e. The molecular weight excluding hydrogens is 222 g/mol. The summed E-state index contributed by atoms with van der Waals surface area (Å²) < 4.78 is 22.6. The molecule has 2 rings (SSSR count). The summed E-state index contributed by atoms with van der Waals surface area (Å²) in [6, 6.07) is 7.76. The molecule has 1 aliphatic rings. The van der Waals surface area contributed by atoms with Crippen molar-refractivity contribution in [3.8, 4) is 0 Å². The second kappa shape index (κ2) is 4.09. The first-order valence-electron chi connectivity index (χ1n) is 5.51. The summed E-state index contributed by atoms with van der Waals surface area (Å²) in [5, 5.41) is 0. The zero-order chi connectivity index (χ0) is 11.8. The third-order valence-electron chi connectivity index (χ3n) is 3.29. The molecule has 1 aliphatic carbocycles. The molecule has 0 radical (unpaired) electrons. The lowest BCUT2D eigenvalue weighted by atomic mass is 9.91. The largest absolute Gasteiger partial charge is 0.372 e. The molecule has 88 valence electrons. The highest BCUT2D eigenvalue weighted by Crippen LogP contribution is 2.28. The summed E-state index contributed by atoms with van der Waals surface area (Å²) in [4.78, 5) is 2.62. The first-order chi connectivity index (χ1) is 7.48. The van der Waals surface area contributed by atoms with Crippen LogP contribution in [0.2, 0.25) is 0 Å². The van der Waals surface area contributed by atoms with Gasteiger partial charge in [-0.2, -0.15) is 0 Å². The van der Waals surface area contributed by atoms with Crippen LogP contribution in [-0.4, -0.2) is 27.8 Å². The molecule has 4 heteroatoms. The highest BCUT2D eigenvalue weighted by atomic mass is 32.2. The molecule has 1 aromatic rings. The Balaban J connectivity index is 2.18. The van der Waals surface area contributed by atoms with Crippen molar-refractivity contribution in [1.82, 2.24) is 0 Å². The number of sulfone groups is 1. The van der Waals surface area contributed by atoms with Crippen molar-refractivity contribution in [2.45, 2.75) is 30.2 Å². The van der Waals surface area contributed by atoms with E-state index in [1.54, 1.807) is 12.1 Å². The van der Waals surface area contributed by atoms with Crippen LogP contribution in [0.1, 0.15) is 19.3 Å². The van der Waals surface area contributed by atoms with Crippen LogP contribution in [-0.2, 0) is 9.84 Å². The van der Waals surface area contributed by atoms with Gasteiger partial charge in [0.15, 0.2) is 9.84 Å². The Kier molecular flexibility index (Phi) is 2.93. The summed E-state index contributed by atoms with van der Waals surface area (Å²) in [6.07, 6.45) is 5.02. The summed E-state index contributed by atoms with van der Waals surface area (Å²) in [5.41, 5.74) is 1.09. The Morgan fingerprint density at radius 2 is 1.75 bits per heavy atom. The molecule has 1 aromatic carbocycles. The molecule has 1 saturated carbocycles. The van der Waals surface area contributed by atoms with Crippen molar-refractivity contribution < 1.29 is 8.42 Å². The number of anilines is 1. The van der Waals surface area contributed by atoms with Gasteiger partial charge in [0, 0.05) is 25.0 Å². The van der Waals surface area contributed by atoms with Gasteiger partial charge in [0.1, 0.15) is 0 Å². The van der Waals surface area contributed by atoms with Crippen molar-refractivity contribution in [3.63, 3.8) is 0 Å². The van der Waals surface area contributed by atoms with E-state index in [2.05, 4.69) is 11.9 Å². The van der Waals surface area contributed by atoms with Crippen molar-refractivity contribution in [2.75, 3.05) is 18.2 Å². The predicted octanol–water partition coefficient (Wildman–Crippen LogP) is 2.08. The normalized spacial score (nSPS) is 16.9. The van der Waals surface area contributed by atoms with Gasteiger partial charge in [-0.05, 0) is 43.5 Å². The zero-order valence-corrected chi connectivity index (χ0v) is 10.5. The van der Waals surface area contributed by atoms with Crippen molar-refractivity contribution in [2.24, 2.45) is 0 Å². The summed E-state index contributed by atoms with van der Waals surface area (Å²) >= 11 is 0. The summed E-state index contributed by atoms with van der Waals surface area (Å²) in [6.45, 7) is 0. The van der Waals surface area contributed by atoms with Gasteiger partial charge in [0.25, 0.3) is 0 Å². The number of rotatable bonds is 3. The van der Waals surface area contributed by atoms with E-state index in [1.807, 2.05) is 12.1 Å². The average molecular weight is 239 g/mol. The van der Waals surface area contributed by atoms with Gasteiger partial charge in [-0.15, -0.1) is 0 Å². The van der Waals surface area contributed by atoms with E-state index in [-0.39, 0.29) is 0 Å². The van der Waals surface area contributed by atoms with Gasteiger partial charge in [-0.3, -0.25) is 0 Å². The van der Waals surface area contributed by atoms with Crippen molar-refractivity contribution in [3.05, 3.63) is 24.3 Å². The Morgan fingerprint density at radius 1 is 1.19 bits per heavy atom. The van der Waals surface area contributed by atoms with Crippen LogP contribution in [0.15, 0.2) is 29.2 Å². The second-order valence-corrected chi connectivity index (χ2v) is 6.48. The lowest BCUT2D eigenvalue weighted by Crippen LogP contribution is -2.37. The molecule has 0 aliphatic heterocycles. The van der Waals surface area contributed by atoms with Crippen LogP contribution < -0.4 is 4.90 Å². The van der Waals surface area contributed by atoms with E-state index >= 15 is 0 Å². The van der Waals surface area contributed by atoms with Crippen molar-refractivity contribution >= 4 is 15.5 Å². The van der Waals surface area contributed by atoms with Gasteiger partial charge in [0.2, 0.25) is 0 Å². The number of nitrogens with zero attached hydrogens (tertiary/aromatic N) is 1. The fraction of sp³-hybridized carbons (Fsp3) is 0.500. The SMILES string of the molecule is CN(c1ccc(S(C)(=O)=O)cc1)C1CCC1. The molecule has 0 spiro atoms. The van der Waals surface area contributed by atoms with Crippen LogP contribution in [0.3, 0.4) is 0 Å². The van der Waals surface area contributed by atoms with E-state index in [9.17, 15) is 8.42 Å². The zero-order valence-electron chi connectivity index (χ0n) is 9.68. The molecule has 0 atom stereocenters. The van der Waals surface area contributed by atoms with Gasteiger partial charge >= 0.3 is 0 Å². The topological polar surface area (TPSA) is 37.4 Å². The number of hydrogen-bond acceptors (Lipinski definition) is 3. The highest BCUT2D eigenvalue weighted by Gasteiger charge is 2.22. The van der Waals surface area contributed by atoms with E-state index in [0.29, 0.717) is 10.9 Å². The quantitative estimate of drug-likeness (QED) is 0.810. The third-order valence-corrected chi connectivity index (χ3v) is 4.42. The molecule has 0 N–H and O–H groups in total. The molecule has 0 aromatic heterocycles. The molecule has 0 amide bonds. The maximum atomic E-state index is 11.3. The summed E-state index contributed by atoms with van der Waals surface area (Å²) in [5.74, 6) is 0. The Hall–Kier alpha value is -1.03. The molecular formula is C12H17NO2S. The van der Waals surface area contributed by atoms with Crippen LogP contribution in [0.4, 0.5) is 5.69 Å². The summed E-state index contributed by atoms with van der Waals surface area (Å²) in [7, 11) is -1.01. The van der Waals surface area contributed by atoms with Gasteiger partial charge < -0.3 is 4.90 Å². The fourth-order valence-electron chi connectivity index (χ4n) is 1.91. The molecule has 1 fully saturated rings. The maximum absolute atomic E-state index is 11.3. The third kappa shape index (κ3) is 2.21. The molecule has 3 nitrogen and oxygen atoms in total. The van der Waals surface area contributed by atoms with Crippen LogP contribution >= 0.6 is 0 Å². The minimum absolute atomic E-state index is 0.387. The molecule has 0 heterocycles. The van der Waals surface area contributed by atoms with Gasteiger partial charge in [-0.1, -0.05) is 0 Å². The van der Waals surface area contributed by atoms with Crippen LogP contribution in [0, 0.1) is 0 Å². The predicted molar refractivity (Wildman–Crippen MR) is 65.6 cm³/mol. The van der Waals surface area contributed by atoms with Gasteiger partial charge in [-0.25, -0.2) is 8.42 Å². The fourth-order valence-corrected chi connectivity index (χ4v) is 2.54. The number of benzene rings is 1.